The minimum atomic E-state index is -0.615. The van der Waals surface area contributed by atoms with Gasteiger partial charge in [-0.3, -0.25) is 4.79 Å². The van der Waals surface area contributed by atoms with Crippen LogP contribution in [-0.4, -0.2) is 42.5 Å². The Morgan fingerprint density at radius 1 is 1.26 bits per heavy atom. The summed E-state index contributed by atoms with van der Waals surface area (Å²) in [6.45, 7) is 10.7. The lowest BCUT2D eigenvalue weighted by atomic mass is 9.92. The fourth-order valence-electron chi connectivity index (χ4n) is 2.32. The summed E-state index contributed by atoms with van der Waals surface area (Å²) in [4.78, 5) is 14.1. The molecule has 2 unspecified atom stereocenters. The first-order chi connectivity index (χ1) is 8.91. The molecule has 0 aliphatic carbocycles. The monoisotopic (exact) mass is 271 g/mol. The topological polar surface area (TPSA) is 58.4 Å². The van der Waals surface area contributed by atoms with Crippen LogP contribution < -0.4 is 11.1 Å². The van der Waals surface area contributed by atoms with E-state index in [2.05, 4.69) is 31.0 Å². The van der Waals surface area contributed by atoms with Crippen molar-refractivity contribution in [1.29, 1.82) is 0 Å². The molecule has 0 aliphatic rings. The number of hydrogen-bond acceptors (Lipinski definition) is 3. The molecule has 0 aromatic rings. The number of rotatable bonds is 11. The first kappa shape index (κ1) is 18.4. The second-order valence-electron chi connectivity index (χ2n) is 5.74. The molecule has 0 aromatic carbocycles. The average molecular weight is 271 g/mol. The molecule has 114 valence electrons. The predicted molar refractivity (Wildman–Crippen MR) is 82.1 cm³/mol. The Balaban J connectivity index is 4.59. The SMILES string of the molecule is CCCCN(CCCC)C(C)CC(C)(NC)C(N)=O. The van der Waals surface area contributed by atoms with Crippen molar-refractivity contribution in [2.24, 2.45) is 5.73 Å². The Morgan fingerprint density at radius 3 is 2.05 bits per heavy atom. The number of carbonyl (C=O) groups excluding carboxylic acids is 1. The van der Waals surface area contributed by atoms with Gasteiger partial charge < -0.3 is 16.0 Å². The fourth-order valence-corrected chi connectivity index (χ4v) is 2.32. The minimum absolute atomic E-state index is 0.271. The highest BCUT2D eigenvalue weighted by molar-refractivity contribution is 5.84. The normalized spacial score (nSPS) is 16.3. The van der Waals surface area contributed by atoms with Crippen molar-refractivity contribution in [2.45, 2.75) is 71.4 Å². The van der Waals surface area contributed by atoms with Gasteiger partial charge in [-0.15, -0.1) is 0 Å². The number of primary amides is 1. The van der Waals surface area contributed by atoms with E-state index in [9.17, 15) is 4.79 Å². The largest absolute Gasteiger partial charge is 0.368 e. The summed E-state index contributed by atoms with van der Waals surface area (Å²) in [6.07, 6.45) is 5.58. The number of unbranched alkanes of at least 4 members (excludes halogenated alkanes) is 2. The lowest BCUT2D eigenvalue weighted by Gasteiger charge is -2.35. The highest BCUT2D eigenvalue weighted by Crippen LogP contribution is 2.17. The number of carbonyl (C=O) groups is 1. The van der Waals surface area contributed by atoms with Crippen LogP contribution in [0.15, 0.2) is 0 Å². The zero-order chi connectivity index (χ0) is 14.9. The van der Waals surface area contributed by atoms with E-state index in [1.54, 1.807) is 7.05 Å². The molecular weight excluding hydrogens is 238 g/mol. The van der Waals surface area contributed by atoms with Gasteiger partial charge in [0.1, 0.15) is 0 Å². The summed E-state index contributed by atoms with van der Waals surface area (Å²) >= 11 is 0. The molecule has 0 spiro atoms. The number of nitrogens with zero attached hydrogens (tertiary/aromatic N) is 1. The Labute approximate surface area is 119 Å². The van der Waals surface area contributed by atoms with Gasteiger partial charge in [0.15, 0.2) is 0 Å². The Hall–Kier alpha value is -0.610. The van der Waals surface area contributed by atoms with Gasteiger partial charge in [-0.05, 0) is 53.2 Å². The molecule has 4 heteroatoms. The van der Waals surface area contributed by atoms with E-state index in [0.29, 0.717) is 6.04 Å². The van der Waals surface area contributed by atoms with Crippen LogP contribution in [0.4, 0.5) is 0 Å². The first-order valence-corrected chi connectivity index (χ1v) is 7.64. The molecule has 3 N–H and O–H groups in total. The van der Waals surface area contributed by atoms with Crippen LogP contribution >= 0.6 is 0 Å². The Kier molecular flexibility index (Phi) is 9.02. The van der Waals surface area contributed by atoms with Crippen LogP contribution in [-0.2, 0) is 4.79 Å². The number of nitrogens with one attached hydrogen (secondary N) is 1. The molecule has 0 rings (SSSR count). The van der Waals surface area contributed by atoms with Crippen molar-refractivity contribution in [3.63, 3.8) is 0 Å². The van der Waals surface area contributed by atoms with Crippen LogP contribution in [0.25, 0.3) is 0 Å². The van der Waals surface area contributed by atoms with E-state index < -0.39 is 5.54 Å². The zero-order valence-corrected chi connectivity index (χ0v) is 13.5. The van der Waals surface area contributed by atoms with E-state index in [1.807, 2.05) is 6.92 Å². The van der Waals surface area contributed by atoms with E-state index in [0.717, 1.165) is 19.5 Å². The van der Waals surface area contributed by atoms with Crippen LogP contribution in [0.5, 0.6) is 0 Å². The van der Waals surface area contributed by atoms with E-state index in [1.165, 1.54) is 25.7 Å². The molecule has 0 heterocycles. The minimum Gasteiger partial charge on any atom is -0.368 e. The highest BCUT2D eigenvalue weighted by atomic mass is 16.1. The molecule has 4 nitrogen and oxygen atoms in total. The van der Waals surface area contributed by atoms with E-state index in [4.69, 9.17) is 5.73 Å². The molecule has 0 bridgehead atoms. The van der Waals surface area contributed by atoms with Gasteiger partial charge in [0.25, 0.3) is 0 Å². The van der Waals surface area contributed by atoms with Crippen molar-refractivity contribution >= 4 is 5.91 Å². The van der Waals surface area contributed by atoms with Gasteiger partial charge in [-0.2, -0.15) is 0 Å². The summed E-state index contributed by atoms with van der Waals surface area (Å²) < 4.78 is 0. The van der Waals surface area contributed by atoms with Crippen molar-refractivity contribution in [2.75, 3.05) is 20.1 Å². The maximum absolute atomic E-state index is 11.6. The molecule has 0 saturated heterocycles. The highest BCUT2D eigenvalue weighted by Gasteiger charge is 2.32. The summed E-state index contributed by atoms with van der Waals surface area (Å²) in [5, 5.41) is 3.07. The molecule has 19 heavy (non-hydrogen) atoms. The van der Waals surface area contributed by atoms with Crippen molar-refractivity contribution in [3.05, 3.63) is 0 Å². The van der Waals surface area contributed by atoms with Gasteiger partial charge in [0.2, 0.25) is 5.91 Å². The van der Waals surface area contributed by atoms with Gasteiger partial charge in [0.05, 0.1) is 5.54 Å². The standard InChI is InChI=1S/C15H33N3O/c1-6-8-10-18(11-9-7-2)13(3)12-15(4,17-5)14(16)19/h13,17H,6-12H2,1-5H3,(H2,16,19). The lowest BCUT2D eigenvalue weighted by molar-refractivity contribution is -0.124. The van der Waals surface area contributed by atoms with Crippen LogP contribution in [0.1, 0.15) is 59.8 Å². The quantitative estimate of drug-likeness (QED) is 0.605. The van der Waals surface area contributed by atoms with Crippen LogP contribution in [0.3, 0.4) is 0 Å². The zero-order valence-electron chi connectivity index (χ0n) is 13.5. The third kappa shape index (κ3) is 6.39. The van der Waals surface area contributed by atoms with E-state index >= 15 is 0 Å². The number of likely N-dealkylation sites (N-methyl/N-ethyl adjacent to an activating group) is 1. The number of nitrogens with two attached hydrogens (primary N) is 1. The predicted octanol–water partition coefficient (Wildman–Crippen LogP) is 2.13. The molecule has 0 fully saturated rings. The van der Waals surface area contributed by atoms with Gasteiger partial charge in [0, 0.05) is 6.04 Å². The van der Waals surface area contributed by atoms with Gasteiger partial charge >= 0.3 is 0 Å². The van der Waals surface area contributed by atoms with Crippen LogP contribution in [0.2, 0.25) is 0 Å². The van der Waals surface area contributed by atoms with Crippen molar-refractivity contribution in [3.8, 4) is 0 Å². The summed E-state index contributed by atoms with van der Waals surface area (Å²) in [7, 11) is 1.81. The molecule has 0 aromatic heterocycles. The smallest absolute Gasteiger partial charge is 0.237 e. The lowest BCUT2D eigenvalue weighted by Crippen LogP contribution is -2.55. The molecule has 0 saturated carbocycles. The molecule has 0 aliphatic heterocycles. The summed E-state index contributed by atoms with van der Waals surface area (Å²) in [5.41, 5.74) is 4.90. The molecular formula is C15H33N3O. The second-order valence-corrected chi connectivity index (χ2v) is 5.74. The Bertz CT molecular complexity index is 250. The molecule has 1 amide bonds. The molecule has 0 radical (unpaired) electrons. The maximum Gasteiger partial charge on any atom is 0.237 e. The third-order valence-corrected chi connectivity index (χ3v) is 4.02. The number of amides is 1. The molecule has 2 atom stereocenters. The van der Waals surface area contributed by atoms with Crippen molar-refractivity contribution in [1.82, 2.24) is 10.2 Å². The summed E-state index contributed by atoms with van der Waals surface area (Å²) in [6, 6.07) is 0.364. The van der Waals surface area contributed by atoms with E-state index in [-0.39, 0.29) is 5.91 Å². The van der Waals surface area contributed by atoms with Gasteiger partial charge in [-0.25, -0.2) is 0 Å². The third-order valence-electron chi connectivity index (χ3n) is 4.02. The van der Waals surface area contributed by atoms with Crippen molar-refractivity contribution < 1.29 is 4.79 Å². The maximum atomic E-state index is 11.6. The fraction of sp³-hybridized carbons (Fsp3) is 0.933. The van der Waals surface area contributed by atoms with Gasteiger partial charge in [-0.1, -0.05) is 26.7 Å². The van der Waals surface area contributed by atoms with Crippen LogP contribution in [0, 0.1) is 0 Å². The summed E-state index contributed by atoms with van der Waals surface area (Å²) in [5.74, 6) is -0.271. The number of hydrogen-bond donors (Lipinski definition) is 2. The first-order valence-electron chi connectivity index (χ1n) is 7.64. The average Bonchev–Trinajstić information content (AvgIpc) is 2.38. The Morgan fingerprint density at radius 2 is 1.74 bits per heavy atom. The second kappa shape index (κ2) is 9.32.